The van der Waals surface area contributed by atoms with Crippen LogP contribution in [0.5, 0.6) is 5.75 Å². The first-order valence-electron chi connectivity index (χ1n) is 15.3. The van der Waals surface area contributed by atoms with Crippen LogP contribution in [-0.2, 0) is 64.4 Å². The first-order valence-corrected chi connectivity index (χ1v) is 16.7. The lowest BCUT2D eigenvalue weighted by atomic mass is 9.55. The van der Waals surface area contributed by atoms with Crippen molar-refractivity contribution < 1.29 is 64.8 Å². The Balaban J connectivity index is 1.40. The van der Waals surface area contributed by atoms with Crippen molar-refractivity contribution >= 4 is 34.3 Å². The molecule has 4 aliphatic rings. The molecule has 5 rings (SSSR count). The van der Waals surface area contributed by atoms with Crippen LogP contribution in [0.1, 0.15) is 76.8 Å². The number of carbonyl (C=O) groups excluding carboxylic acids is 4. The molecule has 1 saturated heterocycles. The number of ether oxygens (including phenoxy) is 6. The van der Waals surface area contributed by atoms with Gasteiger partial charge in [-0.3, -0.25) is 18.9 Å². The zero-order valence-corrected chi connectivity index (χ0v) is 27.2. The smallest absolute Gasteiger partial charge is 0.446 e. The van der Waals surface area contributed by atoms with Crippen LogP contribution in [0.2, 0.25) is 0 Å². The summed E-state index contributed by atoms with van der Waals surface area (Å²) in [7, 11) is -3.49. The third kappa shape index (κ3) is 6.87. The molecular formula is C31H40O14S. The molecule has 0 radical (unpaired) electrons. The van der Waals surface area contributed by atoms with Crippen LogP contribution in [-0.4, -0.2) is 80.8 Å². The van der Waals surface area contributed by atoms with E-state index in [0.29, 0.717) is 18.8 Å². The molecule has 0 aromatic heterocycles. The lowest BCUT2D eigenvalue weighted by Gasteiger charge is -2.51. The molecule has 1 N–H and O–H groups in total. The molecule has 1 aromatic rings. The third-order valence-electron chi connectivity index (χ3n) is 9.95. The minimum absolute atomic E-state index is 0.0674. The second kappa shape index (κ2) is 13.1. The molecule has 46 heavy (non-hydrogen) atoms. The Labute approximate surface area is 267 Å². The van der Waals surface area contributed by atoms with E-state index in [0.717, 1.165) is 57.8 Å². The van der Waals surface area contributed by atoms with Crippen molar-refractivity contribution in [2.45, 2.75) is 109 Å². The minimum Gasteiger partial charge on any atom is -0.467 e. The maximum atomic E-state index is 12.8. The fourth-order valence-electron chi connectivity index (χ4n) is 8.26. The van der Waals surface area contributed by atoms with E-state index in [1.54, 1.807) is 12.1 Å². The highest BCUT2D eigenvalue weighted by atomic mass is 32.3. The van der Waals surface area contributed by atoms with Gasteiger partial charge in [0.1, 0.15) is 5.75 Å². The van der Waals surface area contributed by atoms with Crippen LogP contribution >= 0.6 is 0 Å². The SMILES string of the molecule is COC(=O)[C@H]1O[C@@H](O[C@H]2CC[C@H]3[C@@H]4CCc5cc(OS(=O)(=O)O)ccc5[C@H]4CC[C@]23C)[C@H](OC(C)=O)[C@@H](OC(C)=O)[C@@H]1OC(C)=O. The van der Waals surface area contributed by atoms with Crippen molar-refractivity contribution in [2.75, 3.05) is 7.11 Å². The summed E-state index contributed by atoms with van der Waals surface area (Å²) in [4.78, 5) is 49.3. The van der Waals surface area contributed by atoms with Crippen LogP contribution < -0.4 is 4.18 Å². The van der Waals surface area contributed by atoms with Crippen molar-refractivity contribution in [1.82, 2.24) is 0 Å². The largest absolute Gasteiger partial charge is 0.467 e. The molecule has 0 spiro atoms. The van der Waals surface area contributed by atoms with Gasteiger partial charge in [0.05, 0.1) is 13.2 Å². The predicted octanol–water partition coefficient (Wildman–Crippen LogP) is 2.80. The maximum Gasteiger partial charge on any atom is 0.446 e. The molecule has 0 amide bonds. The molecule has 3 fully saturated rings. The molecule has 1 heterocycles. The van der Waals surface area contributed by atoms with Gasteiger partial charge in [-0.2, -0.15) is 8.42 Å². The van der Waals surface area contributed by atoms with Gasteiger partial charge in [0.15, 0.2) is 30.7 Å². The van der Waals surface area contributed by atoms with Crippen LogP contribution in [0.4, 0.5) is 0 Å². The summed E-state index contributed by atoms with van der Waals surface area (Å²) >= 11 is 0. The highest BCUT2D eigenvalue weighted by molar-refractivity contribution is 7.81. The van der Waals surface area contributed by atoms with E-state index in [9.17, 15) is 27.6 Å². The lowest BCUT2D eigenvalue weighted by Crippen LogP contribution is -2.64. The highest BCUT2D eigenvalue weighted by Crippen LogP contribution is 2.62. The molecule has 2 saturated carbocycles. The molecule has 254 valence electrons. The lowest BCUT2D eigenvalue weighted by molar-refractivity contribution is -0.317. The average Bonchev–Trinajstić information content (AvgIpc) is 3.29. The van der Waals surface area contributed by atoms with Gasteiger partial charge in [-0.1, -0.05) is 13.0 Å². The number of fused-ring (bicyclic) bond motifs is 5. The van der Waals surface area contributed by atoms with Gasteiger partial charge < -0.3 is 32.6 Å². The monoisotopic (exact) mass is 668 g/mol. The van der Waals surface area contributed by atoms with Crippen molar-refractivity contribution in [1.29, 1.82) is 0 Å². The van der Waals surface area contributed by atoms with E-state index in [2.05, 4.69) is 11.1 Å². The molecule has 1 aromatic carbocycles. The van der Waals surface area contributed by atoms with Gasteiger partial charge in [0, 0.05) is 20.8 Å². The summed E-state index contributed by atoms with van der Waals surface area (Å²) < 4.78 is 70.2. The molecule has 10 atom stereocenters. The Kier molecular flexibility index (Phi) is 9.69. The maximum absolute atomic E-state index is 12.8. The van der Waals surface area contributed by atoms with E-state index in [4.69, 9.17) is 33.0 Å². The number of hydrogen-bond acceptors (Lipinski definition) is 13. The van der Waals surface area contributed by atoms with Crippen molar-refractivity contribution in [3.05, 3.63) is 29.3 Å². The average molecular weight is 669 g/mol. The van der Waals surface area contributed by atoms with Gasteiger partial charge in [-0.25, -0.2) is 4.79 Å². The fraction of sp³-hybridized carbons (Fsp3) is 0.677. The Morgan fingerprint density at radius 1 is 0.913 bits per heavy atom. The van der Waals surface area contributed by atoms with E-state index in [-0.39, 0.29) is 29.1 Å². The quantitative estimate of drug-likeness (QED) is 0.242. The number of carbonyl (C=O) groups is 4. The van der Waals surface area contributed by atoms with Crippen LogP contribution in [0, 0.1) is 17.3 Å². The van der Waals surface area contributed by atoms with Crippen molar-refractivity contribution in [3.63, 3.8) is 0 Å². The minimum atomic E-state index is -4.63. The van der Waals surface area contributed by atoms with E-state index < -0.39 is 65.0 Å². The summed E-state index contributed by atoms with van der Waals surface area (Å²) in [6, 6.07) is 5.10. The molecule has 0 bridgehead atoms. The zero-order chi connectivity index (χ0) is 33.6. The normalized spacial score (nSPS) is 35.0. The van der Waals surface area contributed by atoms with Crippen molar-refractivity contribution in [2.24, 2.45) is 17.3 Å². The van der Waals surface area contributed by atoms with Gasteiger partial charge in [0.2, 0.25) is 0 Å². The number of aryl methyl sites for hydroxylation is 1. The second-order valence-corrected chi connectivity index (χ2v) is 13.7. The third-order valence-corrected chi connectivity index (χ3v) is 10.3. The Bertz CT molecular complexity index is 1480. The molecule has 0 unspecified atom stereocenters. The number of methoxy groups -OCH3 is 1. The van der Waals surface area contributed by atoms with Crippen LogP contribution in [0.15, 0.2) is 18.2 Å². The topological polar surface area (TPSA) is 187 Å². The Morgan fingerprint density at radius 2 is 1.57 bits per heavy atom. The number of rotatable bonds is 8. The standard InChI is InChI=1S/C31H40O14S/c1-15(32)40-25-26(41-16(2)33)28(42-17(3)34)30(44-27(25)29(35)39-5)43-24-11-10-23-22-8-6-18-14-19(45-46(36,37)38)7-9-20(18)21(22)12-13-31(23,24)4/h7,9,14,21-28,30H,6,8,10-13H2,1-5H3,(H,36,37,38)/t21-,22-,23+,24+,25+,26+,27+,28-,30-,31+/m1/s1. The summed E-state index contributed by atoms with van der Waals surface area (Å²) in [5.41, 5.74) is 1.81. The fourth-order valence-corrected chi connectivity index (χ4v) is 8.61. The van der Waals surface area contributed by atoms with Crippen LogP contribution in [0.25, 0.3) is 0 Å². The first-order chi connectivity index (χ1) is 21.6. The van der Waals surface area contributed by atoms with Gasteiger partial charge >= 0.3 is 34.3 Å². The highest BCUT2D eigenvalue weighted by Gasteiger charge is 2.59. The van der Waals surface area contributed by atoms with Gasteiger partial charge in [-0.15, -0.1) is 0 Å². The molecule has 1 aliphatic heterocycles. The Hall–Kier alpha value is -3.27. The summed E-state index contributed by atoms with van der Waals surface area (Å²) in [6.45, 7) is 5.59. The number of benzene rings is 1. The van der Waals surface area contributed by atoms with Gasteiger partial charge in [0.25, 0.3) is 0 Å². The zero-order valence-electron chi connectivity index (χ0n) is 26.3. The summed E-state index contributed by atoms with van der Waals surface area (Å²) in [6.07, 6.45) is -2.82. The van der Waals surface area contributed by atoms with Gasteiger partial charge in [-0.05, 0) is 85.0 Å². The summed E-state index contributed by atoms with van der Waals surface area (Å²) in [5.74, 6) is -2.28. The molecule has 15 heteroatoms. The second-order valence-electron chi connectivity index (χ2n) is 12.7. The molecule has 14 nitrogen and oxygen atoms in total. The number of esters is 4. The Morgan fingerprint density at radius 3 is 2.20 bits per heavy atom. The first kappa shape index (κ1) is 34.1. The van der Waals surface area contributed by atoms with E-state index >= 15 is 0 Å². The van der Waals surface area contributed by atoms with Crippen LogP contribution in [0.3, 0.4) is 0 Å². The predicted molar refractivity (Wildman–Crippen MR) is 155 cm³/mol. The molecular weight excluding hydrogens is 628 g/mol. The summed E-state index contributed by atoms with van der Waals surface area (Å²) in [5, 5.41) is 0. The molecule has 3 aliphatic carbocycles. The van der Waals surface area contributed by atoms with E-state index in [1.165, 1.54) is 6.92 Å². The van der Waals surface area contributed by atoms with E-state index in [1.807, 2.05) is 6.07 Å². The number of hydrogen-bond donors (Lipinski definition) is 1. The van der Waals surface area contributed by atoms with Crippen molar-refractivity contribution in [3.8, 4) is 5.75 Å².